The molecule has 22 heavy (non-hydrogen) atoms. The summed E-state index contributed by atoms with van der Waals surface area (Å²) >= 11 is 1.28. The van der Waals surface area contributed by atoms with E-state index in [0.29, 0.717) is 29.8 Å². The first-order valence-electron chi connectivity index (χ1n) is 6.97. The summed E-state index contributed by atoms with van der Waals surface area (Å²) in [6.45, 7) is 1.66. The number of hydrogen-bond acceptors (Lipinski definition) is 4. The van der Waals surface area contributed by atoms with E-state index in [-0.39, 0.29) is 24.0 Å². The molecule has 0 aliphatic carbocycles. The van der Waals surface area contributed by atoms with Crippen molar-refractivity contribution in [1.82, 2.24) is 9.21 Å². The predicted molar refractivity (Wildman–Crippen MR) is 101 cm³/mol. The zero-order chi connectivity index (χ0) is 15.5. The molecule has 1 aliphatic heterocycles. The molecule has 0 radical (unpaired) electrons. The molecular weight excluding hydrogens is 435 g/mol. The number of guanidine groups is 1. The average molecular weight is 458 g/mol. The molecule has 0 atom stereocenters. The highest BCUT2D eigenvalue weighted by Gasteiger charge is 2.27. The molecule has 1 aliphatic rings. The summed E-state index contributed by atoms with van der Waals surface area (Å²) in [7, 11) is 0.304. The molecule has 0 amide bonds. The minimum atomic E-state index is -3.33. The lowest BCUT2D eigenvalue weighted by Gasteiger charge is -2.25. The Balaban J connectivity index is 0.00000242. The van der Waals surface area contributed by atoms with Gasteiger partial charge in [0.2, 0.25) is 0 Å². The number of halogens is 1. The van der Waals surface area contributed by atoms with Crippen molar-refractivity contribution in [2.75, 3.05) is 27.2 Å². The quantitative estimate of drug-likeness (QED) is 0.425. The summed E-state index contributed by atoms with van der Waals surface area (Å²) in [5.41, 5.74) is 5.73. The number of sulfonamides is 1. The first-order chi connectivity index (χ1) is 9.91. The minimum Gasteiger partial charge on any atom is -0.370 e. The zero-order valence-corrected chi connectivity index (χ0v) is 16.8. The maximum Gasteiger partial charge on any atom is 0.252 e. The van der Waals surface area contributed by atoms with Crippen LogP contribution in [0.3, 0.4) is 0 Å². The molecular formula is C13H23IN4O2S2. The van der Waals surface area contributed by atoms with Crippen molar-refractivity contribution >= 4 is 51.3 Å². The summed E-state index contributed by atoms with van der Waals surface area (Å²) in [6.07, 6.45) is 3.00. The van der Waals surface area contributed by atoms with E-state index < -0.39 is 10.0 Å². The fraction of sp³-hybridized carbons (Fsp3) is 0.615. The average Bonchev–Trinajstić information content (AvgIpc) is 2.95. The number of hydrogen-bond donors (Lipinski definition) is 1. The van der Waals surface area contributed by atoms with E-state index in [1.54, 1.807) is 15.3 Å². The van der Waals surface area contributed by atoms with Crippen molar-refractivity contribution in [3.8, 4) is 0 Å². The van der Waals surface area contributed by atoms with Crippen molar-refractivity contribution in [3.63, 3.8) is 0 Å². The number of thiophene rings is 1. The number of nitrogens with two attached hydrogens (primary N) is 1. The Morgan fingerprint density at radius 2 is 1.95 bits per heavy atom. The normalized spacial score (nSPS) is 17.1. The molecule has 0 saturated carbocycles. The molecule has 9 heteroatoms. The van der Waals surface area contributed by atoms with Crippen LogP contribution in [0, 0.1) is 0 Å². The topological polar surface area (TPSA) is 79.0 Å². The highest BCUT2D eigenvalue weighted by atomic mass is 127. The molecule has 1 aromatic heterocycles. The SMILES string of the molecule is CN(C)C(N)=NCc1ccc(S(=O)(=O)N2CCCCC2)s1.I. The number of aliphatic imine (C=N–C) groups is 1. The first kappa shape index (κ1) is 19.7. The molecule has 0 spiro atoms. The van der Waals surface area contributed by atoms with Gasteiger partial charge in [0.1, 0.15) is 4.21 Å². The van der Waals surface area contributed by atoms with Crippen molar-refractivity contribution < 1.29 is 8.42 Å². The van der Waals surface area contributed by atoms with Gasteiger partial charge in [-0.1, -0.05) is 6.42 Å². The second-order valence-corrected chi connectivity index (χ2v) is 8.59. The van der Waals surface area contributed by atoms with Crippen LogP contribution in [0.2, 0.25) is 0 Å². The van der Waals surface area contributed by atoms with Gasteiger partial charge in [-0.05, 0) is 25.0 Å². The van der Waals surface area contributed by atoms with E-state index >= 15 is 0 Å². The maximum atomic E-state index is 12.5. The lowest BCUT2D eigenvalue weighted by Crippen LogP contribution is -2.35. The van der Waals surface area contributed by atoms with Crippen LogP contribution in [-0.4, -0.2) is 50.8 Å². The molecule has 1 aromatic rings. The monoisotopic (exact) mass is 458 g/mol. The number of rotatable bonds is 4. The van der Waals surface area contributed by atoms with Gasteiger partial charge in [-0.3, -0.25) is 0 Å². The van der Waals surface area contributed by atoms with Gasteiger partial charge in [0.05, 0.1) is 6.54 Å². The Bertz CT molecular complexity index is 607. The second-order valence-electron chi connectivity index (χ2n) is 5.25. The Labute approximate surface area is 153 Å². The van der Waals surface area contributed by atoms with E-state index in [0.717, 1.165) is 24.1 Å². The third kappa shape index (κ3) is 4.80. The van der Waals surface area contributed by atoms with E-state index in [4.69, 9.17) is 5.73 Å². The Kier molecular flexibility index (Phi) is 7.56. The third-order valence-corrected chi connectivity index (χ3v) is 6.84. The number of nitrogens with zero attached hydrogens (tertiary/aromatic N) is 3. The molecule has 2 rings (SSSR count). The summed E-state index contributed by atoms with van der Waals surface area (Å²) < 4.78 is 27.0. The lowest BCUT2D eigenvalue weighted by atomic mass is 10.2. The summed E-state index contributed by atoms with van der Waals surface area (Å²) in [5, 5.41) is 0. The summed E-state index contributed by atoms with van der Waals surface area (Å²) in [5.74, 6) is 0.434. The minimum absolute atomic E-state index is 0. The molecule has 0 aromatic carbocycles. The van der Waals surface area contributed by atoms with Gasteiger partial charge in [-0.15, -0.1) is 35.3 Å². The smallest absolute Gasteiger partial charge is 0.252 e. The van der Waals surface area contributed by atoms with Crippen molar-refractivity contribution in [2.24, 2.45) is 10.7 Å². The van der Waals surface area contributed by atoms with Gasteiger partial charge in [-0.25, -0.2) is 13.4 Å². The molecule has 0 bridgehead atoms. The van der Waals surface area contributed by atoms with E-state index in [1.165, 1.54) is 11.3 Å². The standard InChI is InChI=1S/C13H22N4O2S2.HI/c1-16(2)13(14)15-10-11-6-7-12(20-11)21(18,19)17-8-4-3-5-9-17;/h6-7H,3-5,8-10H2,1-2H3,(H2,14,15);1H. The van der Waals surface area contributed by atoms with E-state index in [2.05, 4.69) is 4.99 Å². The second kappa shape index (κ2) is 8.46. The van der Waals surface area contributed by atoms with Crippen LogP contribution in [-0.2, 0) is 16.6 Å². The number of piperidine rings is 1. The highest BCUT2D eigenvalue weighted by Crippen LogP contribution is 2.27. The lowest BCUT2D eigenvalue weighted by molar-refractivity contribution is 0.347. The van der Waals surface area contributed by atoms with Gasteiger partial charge in [0.25, 0.3) is 10.0 Å². The van der Waals surface area contributed by atoms with Crippen LogP contribution in [0.5, 0.6) is 0 Å². The van der Waals surface area contributed by atoms with Crippen LogP contribution >= 0.6 is 35.3 Å². The van der Waals surface area contributed by atoms with Crippen molar-refractivity contribution in [2.45, 2.75) is 30.0 Å². The van der Waals surface area contributed by atoms with Gasteiger partial charge >= 0.3 is 0 Å². The Morgan fingerprint density at radius 3 is 2.55 bits per heavy atom. The van der Waals surface area contributed by atoms with E-state index in [9.17, 15) is 8.42 Å². The van der Waals surface area contributed by atoms with Crippen LogP contribution in [0.4, 0.5) is 0 Å². The highest BCUT2D eigenvalue weighted by molar-refractivity contribution is 14.0. The first-order valence-corrected chi connectivity index (χ1v) is 9.23. The van der Waals surface area contributed by atoms with Crippen LogP contribution in [0.15, 0.2) is 21.3 Å². The molecule has 1 fully saturated rings. The summed E-state index contributed by atoms with van der Waals surface area (Å²) in [6, 6.07) is 3.49. The zero-order valence-electron chi connectivity index (χ0n) is 12.9. The van der Waals surface area contributed by atoms with Gasteiger partial charge in [-0.2, -0.15) is 4.31 Å². The van der Waals surface area contributed by atoms with Crippen molar-refractivity contribution in [3.05, 3.63) is 17.0 Å². The fourth-order valence-corrected chi connectivity index (χ4v) is 5.07. The Hall–Kier alpha value is -0.390. The maximum absolute atomic E-state index is 12.5. The molecule has 2 heterocycles. The van der Waals surface area contributed by atoms with Gasteiger partial charge < -0.3 is 10.6 Å². The van der Waals surface area contributed by atoms with Crippen LogP contribution < -0.4 is 5.73 Å². The van der Waals surface area contributed by atoms with Crippen LogP contribution in [0.1, 0.15) is 24.1 Å². The third-order valence-electron chi connectivity index (χ3n) is 3.40. The fourth-order valence-electron chi connectivity index (χ4n) is 2.11. The van der Waals surface area contributed by atoms with E-state index in [1.807, 2.05) is 20.2 Å². The van der Waals surface area contributed by atoms with Gasteiger partial charge in [0, 0.05) is 32.1 Å². The predicted octanol–water partition coefficient (Wildman–Crippen LogP) is 1.92. The molecule has 2 N–H and O–H groups in total. The molecule has 0 unspecified atom stereocenters. The van der Waals surface area contributed by atoms with Crippen molar-refractivity contribution in [1.29, 1.82) is 0 Å². The summed E-state index contributed by atoms with van der Waals surface area (Å²) in [4.78, 5) is 6.84. The van der Waals surface area contributed by atoms with Crippen LogP contribution in [0.25, 0.3) is 0 Å². The van der Waals surface area contributed by atoms with Gasteiger partial charge in [0.15, 0.2) is 5.96 Å². The molecule has 6 nitrogen and oxygen atoms in total. The largest absolute Gasteiger partial charge is 0.370 e. The Morgan fingerprint density at radius 1 is 1.32 bits per heavy atom. The molecule has 126 valence electrons. The molecule has 1 saturated heterocycles.